The Bertz CT molecular complexity index is 1040. The molecule has 1 unspecified atom stereocenters. The number of benzene rings is 1. The highest BCUT2D eigenvalue weighted by Crippen LogP contribution is 2.19. The van der Waals surface area contributed by atoms with Crippen molar-refractivity contribution in [2.75, 3.05) is 36.4 Å². The number of carbonyl (C=O) groups excluding carboxylic acids is 2. The third kappa shape index (κ3) is 5.58. The van der Waals surface area contributed by atoms with Crippen LogP contribution in [0, 0.1) is 0 Å². The van der Waals surface area contributed by atoms with Crippen LogP contribution in [0.25, 0.3) is 0 Å². The van der Waals surface area contributed by atoms with E-state index in [0.717, 1.165) is 16.4 Å². The maximum absolute atomic E-state index is 12.6. The van der Waals surface area contributed by atoms with Crippen LogP contribution in [0.5, 0.6) is 0 Å². The van der Waals surface area contributed by atoms with Gasteiger partial charge in [-0.15, -0.1) is 10.2 Å². The summed E-state index contributed by atoms with van der Waals surface area (Å²) in [6.45, 7) is 4.18. The molecule has 1 aliphatic rings. The summed E-state index contributed by atoms with van der Waals surface area (Å²) in [6, 6.07) is 14.8. The second kappa shape index (κ2) is 10.2. The first-order chi connectivity index (χ1) is 15.6. The van der Waals surface area contributed by atoms with Crippen molar-refractivity contribution < 1.29 is 9.59 Å². The number of nitrogens with one attached hydrogen (secondary N) is 2. The molecule has 1 aliphatic heterocycles. The molecule has 0 radical (unpaired) electrons. The summed E-state index contributed by atoms with van der Waals surface area (Å²) in [5.74, 6) is 0.580. The van der Waals surface area contributed by atoms with Gasteiger partial charge in [0.05, 0.1) is 0 Å². The molecule has 0 spiro atoms. The van der Waals surface area contributed by atoms with Gasteiger partial charge in [-0.25, -0.2) is 9.78 Å². The van der Waals surface area contributed by atoms with Gasteiger partial charge in [0, 0.05) is 38.8 Å². The number of pyridine rings is 1. The number of hydrogen-bond acceptors (Lipinski definition) is 7. The lowest BCUT2D eigenvalue weighted by atomic mass is 10.2. The number of hydrogen-bond donors (Lipinski definition) is 2. The zero-order chi connectivity index (χ0) is 22.3. The summed E-state index contributed by atoms with van der Waals surface area (Å²) in [6.07, 6.45) is 2.42. The van der Waals surface area contributed by atoms with Gasteiger partial charge in [-0.2, -0.15) is 0 Å². The number of urea groups is 1. The van der Waals surface area contributed by atoms with Crippen molar-refractivity contribution in [2.24, 2.45) is 0 Å². The molecule has 0 saturated carbocycles. The van der Waals surface area contributed by atoms with Crippen molar-refractivity contribution in [3.63, 3.8) is 0 Å². The second-order valence-electron chi connectivity index (χ2n) is 7.49. The molecule has 2 aromatic heterocycles. The fourth-order valence-electron chi connectivity index (χ4n) is 3.38. The van der Waals surface area contributed by atoms with Gasteiger partial charge in [0.15, 0.2) is 0 Å². The van der Waals surface area contributed by atoms with Gasteiger partial charge >= 0.3 is 6.03 Å². The summed E-state index contributed by atoms with van der Waals surface area (Å²) in [5, 5.41) is 14.9. The van der Waals surface area contributed by atoms with E-state index in [1.165, 1.54) is 11.3 Å². The molecule has 3 aromatic rings. The highest BCUT2D eigenvalue weighted by molar-refractivity contribution is 7.15. The van der Waals surface area contributed by atoms with E-state index in [1.807, 2.05) is 48.5 Å². The van der Waals surface area contributed by atoms with E-state index in [2.05, 4.69) is 30.7 Å². The number of carbonyl (C=O) groups is 2. The molecule has 1 saturated heterocycles. The van der Waals surface area contributed by atoms with Crippen LogP contribution in [0.4, 0.5) is 15.7 Å². The van der Waals surface area contributed by atoms with Gasteiger partial charge < -0.3 is 15.1 Å². The molecule has 0 aliphatic carbocycles. The normalized spacial score (nSPS) is 14.7. The summed E-state index contributed by atoms with van der Waals surface area (Å²) in [5.41, 5.74) is 1.13. The van der Waals surface area contributed by atoms with Crippen molar-refractivity contribution in [3.05, 3.63) is 65.3 Å². The van der Waals surface area contributed by atoms with E-state index in [4.69, 9.17) is 0 Å². The smallest absolute Gasteiger partial charge is 0.318 e. The van der Waals surface area contributed by atoms with Gasteiger partial charge in [0.25, 0.3) is 0 Å². The average molecular weight is 452 g/mol. The Labute approximate surface area is 190 Å². The monoisotopic (exact) mass is 451 g/mol. The predicted molar refractivity (Wildman–Crippen MR) is 124 cm³/mol. The van der Waals surface area contributed by atoms with E-state index >= 15 is 0 Å². The van der Waals surface area contributed by atoms with Crippen molar-refractivity contribution in [1.29, 1.82) is 0 Å². The lowest BCUT2D eigenvalue weighted by Gasteiger charge is -2.35. The Morgan fingerprint density at radius 1 is 1.03 bits per heavy atom. The standard InChI is InChI=1S/C22H25N7O2S/c1-16(20(30)25-21-27-26-19(32-21)15-17-7-3-2-4-8-17)24-22(31)29-13-11-28(12-14-29)18-9-5-6-10-23-18/h2-10,16H,11-15H2,1H3,(H,24,31)(H,25,27,30). The molecule has 2 N–H and O–H groups in total. The van der Waals surface area contributed by atoms with Gasteiger partial charge in [0.2, 0.25) is 11.0 Å². The van der Waals surface area contributed by atoms with Crippen LogP contribution in [0.15, 0.2) is 54.7 Å². The summed E-state index contributed by atoms with van der Waals surface area (Å²) >= 11 is 1.33. The molecule has 10 heteroatoms. The molecular weight excluding hydrogens is 426 g/mol. The summed E-state index contributed by atoms with van der Waals surface area (Å²) in [4.78, 5) is 33.3. The Morgan fingerprint density at radius 2 is 1.78 bits per heavy atom. The van der Waals surface area contributed by atoms with Crippen molar-refractivity contribution in [1.82, 2.24) is 25.4 Å². The number of anilines is 2. The minimum Gasteiger partial charge on any atom is -0.353 e. The maximum Gasteiger partial charge on any atom is 0.318 e. The lowest BCUT2D eigenvalue weighted by molar-refractivity contribution is -0.117. The Kier molecular flexibility index (Phi) is 6.90. The van der Waals surface area contributed by atoms with E-state index in [1.54, 1.807) is 18.0 Å². The van der Waals surface area contributed by atoms with E-state index < -0.39 is 6.04 Å². The largest absolute Gasteiger partial charge is 0.353 e. The molecule has 1 fully saturated rings. The second-order valence-corrected chi connectivity index (χ2v) is 8.55. The summed E-state index contributed by atoms with van der Waals surface area (Å²) in [7, 11) is 0. The van der Waals surface area contributed by atoms with Gasteiger partial charge in [-0.05, 0) is 24.6 Å². The topological polar surface area (TPSA) is 103 Å². The number of rotatable bonds is 6. The highest BCUT2D eigenvalue weighted by atomic mass is 32.1. The first kappa shape index (κ1) is 21.7. The third-order valence-corrected chi connectivity index (χ3v) is 6.01. The Hall–Kier alpha value is -3.53. The number of aromatic nitrogens is 3. The average Bonchev–Trinajstić information content (AvgIpc) is 3.26. The number of nitrogens with zero attached hydrogens (tertiary/aromatic N) is 5. The zero-order valence-electron chi connectivity index (χ0n) is 17.8. The molecule has 3 heterocycles. The van der Waals surface area contributed by atoms with Crippen LogP contribution < -0.4 is 15.5 Å². The lowest BCUT2D eigenvalue weighted by Crippen LogP contribution is -2.54. The molecule has 9 nitrogen and oxygen atoms in total. The van der Waals surface area contributed by atoms with Crippen molar-refractivity contribution in [2.45, 2.75) is 19.4 Å². The summed E-state index contributed by atoms with van der Waals surface area (Å²) < 4.78 is 0. The van der Waals surface area contributed by atoms with E-state index in [0.29, 0.717) is 37.7 Å². The third-order valence-electron chi connectivity index (χ3n) is 5.17. The minimum atomic E-state index is -0.696. The molecular formula is C22H25N7O2S. The molecule has 4 rings (SSSR count). The molecule has 3 amide bonds. The zero-order valence-corrected chi connectivity index (χ0v) is 18.6. The van der Waals surface area contributed by atoms with Crippen LogP contribution in [0.2, 0.25) is 0 Å². The van der Waals surface area contributed by atoms with Gasteiger partial charge in [-0.3, -0.25) is 10.1 Å². The molecule has 0 bridgehead atoms. The number of amides is 3. The van der Waals surface area contributed by atoms with Crippen LogP contribution in [-0.4, -0.2) is 64.2 Å². The number of piperazine rings is 1. The Morgan fingerprint density at radius 3 is 2.50 bits per heavy atom. The maximum atomic E-state index is 12.6. The molecule has 1 atom stereocenters. The Balaban J connectivity index is 1.24. The molecule has 166 valence electrons. The minimum absolute atomic E-state index is 0.254. The van der Waals surface area contributed by atoms with Crippen molar-refractivity contribution >= 4 is 34.2 Å². The predicted octanol–water partition coefficient (Wildman–Crippen LogP) is 2.38. The van der Waals surface area contributed by atoms with E-state index in [9.17, 15) is 9.59 Å². The highest BCUT2D eigenvalue weighted by Gasteiger charge is 2.25. The van der Waals surface area contributed by atoms with Gasteiger partial charge in [0.1, 0.15) is 16.9 Å². The van der Waals surface area contributed by atoms with Crippen molar-refractivity contribution in [3.8, 4) is 0 Å². The fraction of sp³-hybridized carbons (Fsp3) is 0.318. The SMILES string of the molecule is CC(NC(=O)N1CCN(c2ccccn2)CC1)C(=O)Nc1nnc(Cc2ccccc2)s1. The molecule has 1 aromatic carbocycles. The van der Waals surface area contributed by atoms with Crippen LogP contribution in [0.3, 0.4) is 0 Å². The first-order valence-corrected chi connectivity index (χ1v) is 11.3. The van der Waals surface area contributed by atoms with Gasteiger partial charge in [-0.1, -0.05) is 47.7 Å². The van der Waals surface area contributed by atoms with Crippen LogP contribution in [-0.2, 0) is 11.2 Å². The quantitative estimate of drug-likeness (QED) is 0.597. The fourth-order valence-corrected chi connectivity index (χ4v) is 4.16. The molecule has 32 heavy (non-hydrogen) atoms. The van der Waals surface area contributed by atoms with E-state index in [-0.39, 0.29) is 11.9 Å². The van der Waals surface area contributed by atoms with Crippen LogP contribution in [0.1, 0.15) is 17.5 Å². The van der Waals surface area contributed by atoms with Crippen LogP contribution >= 0.6 is 11.3 Å². The first-order valence-electron chi connectivity index (χ1n) is 10.5.